The van der Waals surface area contributed by atoms with Crippen molar-refractivity contribution in [3.05, 3.63) is 88.9 Å². The SMILES string of the molecule is Cc1ccc(NC(=O)CSc2ccccc2C(=O)Nc2nnc(-c3ccccc3Cl)s2)cc1. The van der Waals surface area contributed by atoms with Gasteiger partial charge in [-0.25, -0.2) is 0 Å². The highest BCUT2D eigenvalue weighted by Crippen LogP contribution is 2.32. The van der Waals surface area contributed by atoms with Gasteiger partial charge in [-0.2, -0.15) is 0 Å². The first kappa shape index (κ1) is 23.0. The van der Waals surface area contributed by atoms with Gasteiger partial charge in [0, 0.05) is 16.1 Å². The lowest BCUT2D eigenvalue weighted by Crippen LogP contribution is -2.15. The second-order valence-corrected chi connectivity index (χ2v) is 9.45. The quantitative estimate of drug-likeness (QED) is 0.301. The Labute approximate surface area is 204 Å². The van der Waals surface area contributed by atoms with Gasteiger partial charge in [-0.05, 0) is 37.3 Å². The van der Waals surface area contributed by atoms with E-state index in [1.54, 1.807) is 18.2 Å². The molecule has 0 radical (unpaired) electrons. The molecule has 0 aliphatic carbocycles. The number of thioether (sulfide) groups is 1. The van der Waals surface area contributed by atoms with E-state index in [1.807, 2.05) is 61.5 Å². The van der Waals surface area contributed by atoms with Crippen LogP contribution in [0.25, 0.3) is 10.6 Å². The number of nitrogens with zero attached hydrogens (tertiary/aromatic N) is 2. The molecule has 4 aromatic rings. The molecule has 0 fully saturated rings. The number of aryl methyl sites for hydroxylation is 1. The van der Waals surface area contributed by atoms with Crippen LogP contribution < -0.4 is 10.6 Å². The van der Waals surface area contributed by atoms with Gasteiger partial charge in [0.05, 0.1) is 16.3 Å². The van der Waals surface area contributed by atoms with E-state index < -0.39 is 0 Å². The Morgan fingerprint density at radius 3 is 2.45 bits per heavy atom. The van der Waals surface area contributed by atoms with Gasteiger partial charge >= 0.3 is 0 Å². The van der Waals surface area contributed by atoms with Gasteiger partial charge in [-0.1, -0.05) is 71.0 Å². The molecule has 0 aliphatic heterocycles. The molecular weight excluding hydrogens is 476 g/mol. The van der Waals surface area contributed by atoms with Crippen molar-refractivity contribution in [2.75, 3.05) is 16.4 Å². The third kappa shape index (κ3) is 5.98. The fourth-order valence-electron chi connectivity index (χ4n) is 2.94. The van der Waals surface area contributed by atoms with Gasteiger partial charge in [-0.3, -0.25) is 14.9 Å². The minimum absolute atomic E-state index is 0.146. The van der Waals surface area contributed by atoms with E-state index in [0.717, 1.165) is 16.8 Å². The maximum absolute atomic E-state index is 12.9. The Hall–Kier alpha value is -3.20. The van der Waals surface area contributed by atoms with Gasteiger partial charge in [0.25, 0.3) is 5.91 Å². The van der Waals surface area contributed by atoms with Crippen LogP contribution in [0.5, 0.6) is 0 Å². The van der Waals surface area contributed by atoms with E-state index >= 15 is 0 Å². The third-order valence-corrected chi connectivity index (χ3v) is 6.85. The number of rotatable bonds is 7. The van der Waals surface area contributed by atoms with Crippen molar-refractivity contribution in [2.45, 2.75) is 11.8 Å². The number of aromatic nitrogens is 2. The van der Waals surface area contributed by atoms with Crippen LogP contribution in [0.15, 0.2) is 77.7 Å². The summed E-state index contributed by atoms with van der Waals surface area (Å²) >= 11 is 8.76. The molecule has 0 saturated heterocycles. The molecule has 0 saturated carbocycles. The Morgan fingerprint density at radius 2 is 1.67 bits per heavy atom. The number of carbonyl (C=O) groups is 2. The third-order valence-electron chi connectivity index (χ3n) is 4.58. The largest absolute Gasteiger partial charge is 0.325 e. The van der Waals surface area contributed by atoms with Crippen molar-refractivity contribution >= 4 is 57.3 Å². The van der Waals surface area contributed by atoms with Crippen LogP contribution in [0, 0.1) is 6.92 Å². The van der Waals surface area contributed by atoms with E-state index in [-0.39, 0.29) is 17.6 Å². The number of halogens is 1. The van der Waals surface area contributed by atoms with Crippen molar-refractivity contribution in [1.82, 2.24) is 10.2 Å². The van der Waals surface area contributed by atoms with Crippen molar-refractivity contribution < 1.29 is 9.59 Å². The molecule has 1 aromatic heterocycles. The van der Waals surface area contributed by atoms with Crippen molar-refractivity contribution in [3.8, 4) is 10.6 Å². The highest BCUT2D eigenvalue weighted by molar-refractivity contribution is 8.00. The molecule has 0 unspecified atom stereocenters. The van der Waals surface area contributed by atoms with Crippen LogP contribution in [0.1, 0.15) is 15.9 Å². The van der Waals surface area contributed by atoms with E-state index in [4.69, 9.17) is 11.6 Å². The zero-order valence-electron chi connectivity index (χ0n) is 17.5. The summed E-state index contributed by atoms with van der Waals surface area (Å²) in [6.45, 7) is 1.99. The molecule has 1 heterocycles. The first-order valence-electron chi connectivity index (χ1n) is 9.98. The van der Waals surface area contributed by atoms with E-state index in [2.05, 4.69) is 20.8 Å². The molecule has 0 bridgehead atoms. The molecule has 6 nitrogen and oxygen atoms in total. The van der Waals surface area contributed by atoms with Crippen LogP contribution in [-0.4, -0.2) is 27.8 Å². The number of benzene rings is 3. The van der Waals surface area contributed by atoms with E-state index in [9.17, 15) is 9.59 Å². The predicted molar refractivity (Wildman–Crippen MR) is 135 cm³/mol. The molecule has 2 N–H and O–H groups in total. The molecule has 0 spiro atoms. The van der Waals surface area contributed by atoms with Crippen LogP contribution in [0.2, 0.25) is 5.02 Å². The molecule has 33 heavy (non-hydrogen) atoms. The standard InChI is InChI=1S/C24H19ClN4O2S2/c1-15-10-12-16(13-11-15)26-21(30)14-32-20-9-5-3-7-18(20)22(31)27-24-29-28-23(33-24)17-6-2-4-8-19(17)25/h2-13H,14H2,1H3,(H,26,30)(H,27,29,31). The lowest BCUT2D eigenvalue weighted by atomic mass is 10.2. The maximum atomic E-state index is 12.9. The summed E-state index contributed by atoms with van der Waals surface area (Å²) in [7, 11) is 0. The van der Waals surface area contributed by atoms with Crippen LogP contribution in [0.4, 0.5) is 10.8 Å². The second kappa shape index (κ2) is 10.6. The van der Waals surface area contributed by atoms with Crippen LogP contribution in [-0.2, 0) is 4.79 Å². The van der Waals surface area contributed by atoms with Gasteiger partial charge in [0.1, 0.15) is 0 Å². The van der Waals surface area contributed by atoms with Gasteiger partial charge in [0.2, 0.25) is 11.0 Å². The van der Waals surface area contributed by atoms with Crippen molar-refractivity contribution in [1.29, 1.82) is 0 Å². The summed E-state index contributed by atoms with van der Waals surface area (Å²) in [5.41, 5.74) is 3.08. The Balaban J connectivity index is 1.40. The zero-order valence-corrected chi connectivity index (χ0v) is 19.9. The number of nitrogens with one attached hydrogen (secondary N) is 2. The lowest BCUT2D eigenvalue weighted by molar-refractivity contribution is -0.113. The summed E-state index contributed by atoms with van der Waals surface area (Å²) in [5, 5.41) is 15.4. The lowest BCUT2D eigenvalue weighted by Gasteiger charge is -2.09. The van der Waals surface area contributed by atoms with Crippen LogP contribution >= 0.6 is 34.7 Å². The molecule has 9 heteroatoms. The normalized spacial score (nSPS) is 10.6. The number of hydrogen-bond donors (Lipinski definition) is 2. The smallest absolute Gasteiger partial charge is 0.258 e. The fourth-order valence-corrected chi connectivity index (χ4v) is 4.85. The van der Waals surface area contributed by atoms with Gasteiger partial charge < -0.3 is 5.32 Å². The van der Waals surface area contributed by atoms with E-state index in [0.29, 0.717) is 25.6 Å². The minimum atomic E-state index is -0.320. The van der Waals surface area contributed by atoms with Gasteiger partial charge in [-0.15, -0.1) is 22.0 Å². The molecule has 0 aliphatic rings. The monoisotopic (exact) mass is 494 g/mol. The molecule has 0 atom stereocenters. The minimum Gasteiger partial charge on any atom is -0.325 e. The number of carbonyl (C=O) groups excluding carboxylic acids is 2. The first-order chi connectivity index (χ1) is 16.0. The summed E-state index contributed by atoms with van der Waals surface area (Å²) < 4.78 is 0. The average Bonchev–Trinajstić information content (AvgIpc) is 3.28. The Bertz CT molecular complexity index is 1290. The fraction of sp³-hybridized carbons (Fsp3) is 0.0833. The molecule has 4 rings (SSSR count). The Morgan fingerprint density at radius 1 is 0.939 bits per heavy atom. The molecular formula is C24H19ClN4O2S2. The van der Waals surface area contributed by atoms with Gasteiger partial charge in [0.15, 0.2) is 5.01 Å². The summed E-state index contributed by atoms with van der Waals surface area (Å²) in [4.78, 5) is 26.0. The molecule has 3 aromatic carbocycles. The summed E-state index contributed by atoms with van der Waals surface area (Å²) in [5.74, 6) is -0.292. The summed E-state index contributed by atoms with van der Waals surface area (Å²) in [6, 6.07) is 22.1. The number of hydrogen-bond acceptors (Lipinski definition) is 6. The predicted octanol–water partition coefficient (Wildman–Crippen LogP) is 6.15. The molecule has 2 amide bonds. The second-order valence-electron chi connectivity index (χ2n) is 7.05. The highest BCUT2D eigenvalue weighted by atomic mass is 35.5. The topological polar surface area (TPSA) is 84.0 Å². The Kier molecular flexibility index (Phi) is 7.39. The first-order valence-corrected chi connectivity index (χ1v) is 12.2. The number of amides is 2. The van der Waals surface area contributed by atoms with Crippen LogP contribution in [0.3, 0.4) is 0 Å². The van der Waals surface area contributed by atoms with E-state index in [1.165, 1.54) is 23.1 Å². The molecule has 166 valence electrons. The number of anilines is 2. The summed E-state index contributed by atoms with van der Waals surface area (Å²) in [6.07, 6.45) is 0. The zero-order chi connectivity index (χ0) is 23.2. The van der Waals surface area contributed by atoms with Crippen molar-refractivity contribution in [2.24, 2.45) is 0 Å². The average molecular weight is 495 g/mol. The maximum Gasteiger partial charge on any atom is 0.258 e. The highest BCUT2D eigenvalue weighted by Gasteiger charge is 2.16. The van der Waals surface area contributed by atoms with Crippen molar-refractivity contribution in [3.63, 3.8) is 0 Å².